The summed E-state index contributed by atoms with van der Waals surface area (Å²) >= 11 is 0. The van der Waals surface area contributed by atoms with E-state index in [0.29, 0.717) is 11.8 Å². The molecule has 2 aromatic carbocycles. The van der Waals surface area contributed by atoms with Gasteiger partial charge in [0.15, 0.2) is 0 Å². The lowest BCUT2D eigenvalue weighted by molar-refractivity contribution is -0.137. The lowest BCUT2D eigenvalue weighted by atomic mass is 10.1. The van der Waals surface area contributed by atoms with Crippen molar-refractivity contribution < 1.29 is 26.7 Å². The normalized spacial score (nSPS) is 11.3. The maximum absolute atomic E-state index is 13.6. The Balaban J connectivity index is 2.41. The summed E-state index contributed by atoms with van der Waals surface area (Å²) in [4.78, 5) is 13.6. The van der Waals surface area contributed by atoms with Crippen molar-refractivity contribution in [2.24, 2.45) is 0 Å². The van der Waals surface area contributed by atoms with E-state index < -0.39 is 34.8 Å². The van der Waals surface area contributed by atoms with E-state index in [0.717, 1.165) is 24.3 Å². The number of rotatable bonds is 3. The molecule has 0 spiro atoms. The van der Waals surface area contributed by atoms with Gasteiger partial charge < -0.3 is 10.2 Å². The summed E-state index contributed by atoms with van der Waals surface area (Å²) < 4.78 is 65.1. The molecule has 0 aliphatic heterocycles. The zero-order valence-electron chi connectivity index (χ0n) is 12.7. The number of nitrogens with one attached hydrogen (secondary N) is 1. The molecule has 0 aromatic heterocycles. The molecule has 0 aliphatic carbocycles. The van der Waals surface area contributed by atoms with Crippen molar-refractivity contribution in [3.63, 3.8) is 0 Å². The summed E-state index contributed by atoms with van der Waals surface area (Å²) in [5, 5.41) is 2.24. The third kappa shape index (κ3) is 3.81. The first-order valence-corrected chi connectivity index (χ1v) is 6.74. The van der Waals surface area contributed by atoms with Gasteiger partial charge in [-0.3, -0.25) is 4.79 Å². The van der Waals surface area contributed by atoms with E-state index in [9.17, 15) is 26.7 Å². The standard InChI is InChI=1S/C16H13F5N2O/c1-23(2)14-6-3-9(16(19,20)21)7-13(14)22-15(24)11-5-4-10(17)8-12(11)18/h3-8H,1-2H3,(H,22,24). The van der Waals surface area contributed by atoms with Crippen molar-refractivity contribution in [2.45, 2.75) is 6.18 Å². The second-order valence-corrected chi connectivity index (χ2v) is 5.20. The van der Waals surface area contributed by atoms with Gasteiger partial charge in [0.25, 0.3) is 5.91 Å². The number of nitrogens with zero attached hydrogens (tertiary/aromatic N) is 1. The van der Waals surface area contributed by atoms with Gasteiger partial charge in [0, 0.05) is 20.2 Å². The van der Waals surface area contributed by atoms with Gasteiger partial charge in [0.1, 0.15) is 11.6 Å². The van der Waals surface area contributed by atoms with Crippen LogP contribution in [0.1, 0.15) is 15.9 Å². The summed E-state index contributed by atoms with van der Waals surface area (Å²) in [6.07, 6.45) is -4.59. The Morgan fingerprint density at radius 2 is 1.71 bits per heavy atom. The van der Waals surface area contributed by atoms with Crippen LogP contribution in [0.5, 0.6) is 0 Å². The first-order chi connectivity index (χ1) is 11.1. The van der Waals surface area contributed by atoms with Gasteiger partial charge in [-0.05, 0) is 30.3 Å². The van der Waals surface area contributed by atoms with Crippen LogP contribution in [-0.2, 0) is 6.18 Å². The van der Waals surface area contributed by atoms with Crippen molar-refractivity contribution in [2.75, 3.05) is 24.3 Å². The van der Waals surface area contributed by atoms with Crippen molar-refractivity contribution in [1.82, 2.24) is 0 Å². The number of benzene rings is 2. The molecule has 1 N–H and O–H groups in total. The monoisotopic (exact) mass is 344 g/mol. The predicted octanol–water partition coefficient (Wildman–Crippen LogP) is 4.30. The smallest absolute Gasteiger partial charge is 0.376 e. The number of amides is 1. The molecular weight excluding hydrogens is 331 g/mol. The molecule has 3 nitrogen and oxygen atoms in total. The van der Waals surface area contributed by atoms with E-state index in [1.165, 1.54) is 11.0 Å². The highest BCUT2D eigenvalue weighted by Gasteiger charge is 2.31. The molecule has 0 aliphatic rings. The van der Waals surface area contributed by atoms with Crippen molar-refractivity contribution >= 4 is 17.3 Å². The topological polar surface area (TPSA) is 32.3 Å². The zero-order valence-corrected chi connectivity index (χ0v) is 12.7. The summed E-state index contributed by atoms with van der Waals surface area (Å²) in [6.45, 7) is 0. The van der Waals surface area contributed by atoms with E-state index in [2.05, 4.69) is 5.32 Å². The number of hydrogen-bond donors (Lipinski definition) is 1. The van der Waals surface area contributed by atoms with Crippen molar-refractivity contribution in [3.8, 4) is 0 Å². The number of carbonyl (C=O) groups is 1. The van der Waals surface area contributed by atoms with Gasteiger partial charge in [0.05, 0.1) is 22.5 Å². The van der Waals surface area contributed by atoms with Crippen LogP contribution in [0.4, 0.5) is 33.3 Å². The van der Waals surface area contributed by atoms with Gasteiger partial charge in [-0.25, -0.2) is 8.78 Å². The SMILES string of the molecule is CN(C)c1ccc(C(F)(F)F)cc1NC(=O)c1ccc(F)cc1F. The highest BCUT2D eigenvalue weighted by atomic mass is 19.4. The first-order valence-electron chi connectivity index (χ1n) is 6.74. The van der Waals surface area contributed by atoms with Gasteiger partial charge in [-0.15, -0.1) is 0 Å². The molecule has 0 radical (unpaired) electrons. The summed E-state index contributed by atoms with van der Waals surface area (Å²) in [7, 11) is 3.16. The minimum absolute atomic E-state index is 0.136. The van der Waals surface area contributed by atoms with E-state index in [4.69, 9.17) is 0 Å². The van der Waals surface area contributed by atoms with Crippen LogP contribution in [0, 0.1) is 11.6 Å². The van der Waals surface area contributed by atoms with Crippen molar-refractivity contribution in [3.05, 3.63) is 59.2 Å². The minimum atomic E-state index is -4.59. The Labute approximate surface area is 134 Å². The molecule has 0 atom stereocenters. The maximum Gasteiger partial charge on any atom is 0.416 e. The molecule has 0 saturated heterocycles. The van der Waals surface area contributed by atoms with E-state index in [-0.39, 0.29) is 5.69 Å². The lowest BCUT2D eigenvalue weighted by Crippen LogP contribution is -2.19. The van der Waals surface area contributed by atoms with Gasteiger partial charge >= 0.3 is 6.18 Å². The lowest BCUT2D eigenvalue weighted by Gasteiger charge is -2.20. The molecule has 2 aromatic rings. The Morgan fingerprint density at radius 3 is 2.25 bits per heavy atom. The number of carbonyl (C=O) groups excluding carboxylic acids is 1. The van der Waals surface area contributed by atoms with E-state index in [1.807, 2.05) is 0 Å². The van der Waals surface area contributed by atoms with Crippen LogP contribution in [0.2, 0.25) is 0 Å². The molecule has 24 heavy (non-hydrogen) atoms. The number of hydrogen-bond acceptors (Lipinski definition) is 2. The van der Waals surface area contributed by atoms with Crippen LogP contribution in [0.3, 0.4) is 0 Å². The first kappa shape index (κ1) is 17.7. The average molecular weight is 344 g/mol. The fourth-order valence-electron chi connectivity index (χ4n) is 2.07. The molecule has 0 fully saturated rings. The van der Waals surface area contributed by atoms with Gasteiger partial charge in [0.2, 0.25) is 0 Å². The molecule has 8 heteroatoms. The third-order valence-corrected chi connectivity index (χ3v) is 3.23. The van der Waals surface area contributed by atoms with E-state index in [1.54, 1.807) is 14.1 Å². The summed E-state index contributed by atoms with van der Waals surface area (Å²) in [5.74, 6) is -2.95. The van der Waals surface area contributed by atoms with Gasteiger partial charge in [-0.1, -0.05) is 0 Å². The Hall–Kier alpha value is -2.64. The van der Waals surface area contributed by atoms with Crippen LogP contribution < -0.4 is 10.2 Å². The predicted molar refractivity (Wildman–Crippen MR) is 80.1 cm³/mol. The minimum Gasteiger partial charge on any atom is -0.376 e. The zero-order chi connectivity index (χ0) is 18.1. The fourth-order valence-corrected chi connectivity index (χ4v) is 2.07. The quantitative estimate of drug-likeness (QED) is 0.842. The highest BCUT2D eigenvalue weighted by Crippen LogP contribution is 2.35. The van der Waals surface area contributed by atoms with Crippen LogP contribution in [0.25, 0.3) is 0 Å². The molecular formula is C16H13F5N2O. The second-order valence-electron chi connectivity index (χ2n) is 5.20. The number of anilines is 2. The Kier molecular flexibility index (Phi) is 4.77. The Morgan fingerprint density at radius 1 is 1.04 bits per heavy atom. The summed E-state index contributed by atoms with van der Waals surface area (Å²) in [5.41, 5.74) is -1.26. The van der Waals surface area contributed by atoms with Crippen LogP contribution in [0.15, 0.2) is 36.4 Å². The van der Waals surface area contributed by atoms with E-state index >= 15 is 0 Å². The molecule has 0 saturated carbocycles. The number of halogens is 5. The Bertz CT molecular complexity index is 772. The third-order valence-electron chi connectivity index (χ3n) is 3.23. The highest BCUT2D eigenvalue weighted by molar-refractivity contribution is 6.06. The molecule has 2 rings (SSSR count). The largest absolute Gasteiger partial charge is 0.416 e. The molecule has 128 valence electrons. The average Bonchev–Trinajstić information content (AvgIpc) is 2.45. The maximum atomic E-state index is 13.6. The van der Waals surface area contributed by atoms with Gasteiger partial charge in [-0.2, -0.15) is 13.2 Å². The van der Waals surface area contributed by atoms with Crippen LogP contribution >= 0.6 is 0 Å². The molecule has 1 amide bonds. The second kappa shape index (κ2) is 6.46. The van der Waals surface area contributed by atoms with Crippen molar-refractivity contribution in [1.29, 1.82) is 0 Å². The fraction of sp³-hybridized carbons (Fsp3) is 0.188. The van der Waals surface area contributed by atoms with Crippen LogP contribution in [-0.4, -0.2) is 20.0 Å². The number of alkyl halides is 3. The molecule has 0 unspecified atom stereocenters. The summed E-state index contributed by atoms with van der Waals surface area (Å²) in [6, 6.07) is 5.16. The molecule has 0 bridgehead atoms. The molecule has 0 heterocycles.